The molecular weight excluding hydrogens is 248 g/mol. The lowest BCUT2D eigenvalue weighted by molar-refractivity contribution is 0.884. The van der Waals surface area contributed by atoms with Gasteiger partial charge < -0.3 is 10.6 Å². The Morgan fingerprint density at radius 1 is 1.28 bits per heavy atom. The lowest BCUT2D eigenvalue weighted by Gasteiger charge is -2.21. The highest BCUT2D eigenvalue weighted by Crippen LogP contribution is 2.23. The van der Waals surface area contributed by atoms with Gasteiger partial charge in [0.25, 0.3) is 0 Å². The van der Waals surface area contributed by atoms with Crippen LogP contribution in [0.1, 0.15) is 11.1 Å². The summed E-state index contributed by atoms with van der Waals surface area (Å²) in [4.78, 5) is 10.2. The van der Waals surface area contributed by atoms with Crippen molar-refractivity contribution in [3.05, 3.63) is 46.7 Å². The zero-order chi connectivity index (χ0) is 13.1. The second-order valence-corrected chi connectivity index (χ2v) is 4.56. The van der Waals surface area contributed by atoms with Crippen LogP contribution in [-0.2, 0) is 6.54 Å². The summed E-state index contributed by atoms with van der Waals surface area (Å²) in [5.74, 6) is 1.33. The second kappa shape index (κ2) is 5.23. The molecule has 0 bridgehead atoms. The molecule has 0 spiro atoms. The van der Waals surface area contributed by atoms with E-state index in [0.29, 0.717) is 12.4 Å². The van der Waals surface area contributed by atoms with E-state index in [0.717, 1.165) is 22.0 Å². The molecule has 2 aromatic rings. The standard InChI is InChI=1S/C13H15ClN4/c1-9-12(15)16-8-17-13(9)18(2)7-10-5-3-4-6-11(10)14/h3-6,8H,7H2,1-2H3,(H2,15,16,17). The van der Waals surface area contributed by atoms with Gasteiger partial charge in [0.05, 0.1) is 0 Å². The summed E-state index contributed by atoms with van der Waals surface area (Å²) in [5.41, 5.74) is 7.71. The van der Waals surface area contributed by atoms with E-state index in [4.69, 9.17) is 17.3 Å². The molecule has 4 nitrogen and oxygen atoms in total. The minimum atomic E-state index is 0.506. The number of halogens is 1. The lowest BCUT2D eigenvalue weighted by atomic mass is 10.2. The molecule has 0 aliphatic heterocycles. The third-order valence-corrected chi connectivity index (χ3v) is 3.19. The molecule has 0 atom stereocenters. The van der Waals surface area contributed by atoms with Gasteiger partial charge in [0.15, 0.2) is 0 Å². The Bertz CT molecular complexity index is 556. The predicted octanol–water partition coefficient (Wildman–Crippen LogP) is 2.66. The SMILES string of the molecule is Cc1c(N)ncnc1N(C)Cc1ccccc1Cl. The van der Waals surface area contributed by atoms with E-state index in [1.165, 1.54) is 6.33 Å². The van der Waals surface area contributed by atoms with Crippen molar-refractivity contribution in [2.75, 3.05) is 17.7 Å². The van der Waals surface area contributed by atoms with Crippen molar-refractivity contribution in [2.24, 2.45) is 0 Å². The first kappa shape index (κ1) is 12.6. The Labute approximate surface area is 111 Å². The van der Waals surface area contributed by atoms with Gasteiger partial charge in [-0.2, -0.15) is 0 Å². The number of nitrogen functional groups attached to an aromatic ring is 1. The zero-order valence-electron chi connectivity index (χ0n) is 10.4. The molecule has 94 valence electrons. The number of aromatic nitrogens is 2. The molecular formula is C13H15ClN4. The number of benzene rings is 1. The third kappa shape index (κ3) is 2.54. The van der Waals surface area contributed by atoms with Gasteiger partial charge in [-0.1, -0.05) is 29.8 Å². The van der Waals surface area contributed by atoms with E-state index in [1.54, 1.807) is 0 Å². The van der Waals surface area contributed by atoms with E-state index in [-0.39, 0.29) is 0 Å². The van der Waals surface area contributed by atoms with Crippen LogP contribution in [-0.4, -0.2) is 17.0 Å². The average molecular weight is 263 g/mol. The first-order valence-electron chi connectivity index (χ1n) is 5.61. The van der Waals surface area contributed by atoms with Crippen LogP contribution in [0.4, 0.5) is 11.6 Å². The van der Waals surface area contributed by atoms with E-state index >= 15 is 0 Å². The van der Waals surface area contributed by atoms with Crippen LogP contribution in [0.15, 0.2) is 30.6 Å². The van der Waals surface area contributed by atoms with Gasteiger partial charge >= 0.3 is 0 Å². The Morgan fingerprint density at radius 3 is 2.72 bits per heavy atom. The van der Waals surface area contributed by atoms with Crippen LogP contribution in [0.5, 0.6) is 0 Å². The van der Waals surface area contributed by atoms with Crippen molar-refractivity contribution in [1.82, 2.24) is 9.97 Å². The molecule has 2 rings (SSSR count). The number of nitrogens with two attached hydrogens (primary N) is 1. The van der Waals surface area contributed by atoms with Gasteiger partial charge in [0.2, 0.25) is 0 Å². The molecule has 2 N–H and O–H groups in total. The maximum absolute atomic E-state index is 6.14. The highest BCUT2D eigenvalue weighted by molar-refractivity contribution is 6.31. The summed E-state index contributed by atoms with van der Waals surface area (Å²) in [6.07, 6.45) is 1.47. The maximum atomic E-state index is 6.14. The van der Waals surface area contributed by atoms with Crippen molar-refractivity contribution in [3.63, 3.8) is 0 Å². The quantitative estimate of drug-likeness (QED) is 0.924. The van der Waals surface area contributed by atoms with Crippen LogP contribution in [0.25, 0.3) is 0 Å². The van der Waals surface area contributed by atoms with Gasteiger partial charge in [-0.3, -0.25) is 0 Å². The normalized spacial score (nSPS) is 10.4. The summed E-state index contributed by atoms with van der Waals surface area (Å²) in [6, 6.07) is 7.76. The summed E-state index contributed by atoms with van der Waals surface area (Å²) in [6.45, 7) is 2.59. The average Bonchev–Trinajstić information content (AvgIpc) is 2.35. The predicted molar refractivity (Wildman–Crippen MR) is 74.7 cm³/mol. The highest BCUT2D eigenvalue weighted by atomic mass is 35.5. The van der Waals surface area contributed by atoms with Crippen LogP contribution < -0.4 is 10.6 Å². The molecule has 1 aromatic carbocycles. The van der Waals surface area contributed by atoms with Crippen molar-refractivity contribution in [2.45, 2.75) is 13.5 Å². The summed E-state index contributed by atoms with van der Waals surface area (Å²) in [5, 5.41) is 0.754. The van der Waals surface area contributed by atoms with Crippen molar-refractivity contribution >= 4 is 23.2 Å². The van der Waals surface area contributed by atoms with Crippen LogP contribution in [0, 0.1) is 6.92 Å². The summed E-state index contributed by atoms with van der Waals surface area (Å²) >= 11 is 6.14. The molecule has 0 saturated carbocycles. The van der Waals surface area contributed by atoms with Crippen molar-refractivity contribution in [3.8, 4) is 0 Å². The zero-order valence-corrected chi connectivity index (χ0v) is 11.1. The summed E-state index contributed by atoms with van der Waals surface area (Å²) < 4.78 is 0. The summed E-state index contributed by atoms with van der Waals surface area (Å²) in [7, 11) is 1.96. The molecule has 0 unspecified atom stereocenters. The minimum Gasteiger partial charge on any atom is -0.383 e. The Morgan fingerprint density at radius 2 is 2.00 bits per heavy atom. The molecule has 0 amide bonds. The van der Waals surface area contributed by atoms with E-state index in [2.05, 4.69) is 9.97 Å². The molecule has 0 aliphatic rings. The van der Waals surface area contributed by atoms with Crippen molar-refractivity contribution < 1.29 is 0 Å². The monoisotopic (exact) mass is 262 g/mol. The topological polar surface area (TPSA) is 55.0 Å². The Kier molecular flexibility index (Phi) is 3.67. The molecule has 0 saturated heterocycles. The Balaban J connectivity index is 2.25. The smallest absolute Gasteiger partial charge is 0.137 e. The first-order valence-corrected chi connectivity index (χ1v) is 5.99. The van der Waals surface area contributed by atoms with E-state index < -0.39 is 0 Å². The van der Waals surface area contributed by atoms with Crippen LogP contribution in [0.2, 0.25) is 5.02 Å². The molecule has 18 heavy (non-hydrogen) atoms. The van der Waals surface area contributed by atoms with Crippen LogP contribution >= 0.6 is 11.6 Å². The number of anilines is 2. The molecule has 5 heteroatoms. The fraction of sp³-hybridized carbons (Fsp3) is 0.231. The largest absolute Gasteiger partial charge is 0.383 e. The van der Waals surface area contributed by atoms with Crippen LogP contribution in [0.3, 0.4) is 0 Å². The maximum Gasteiger partial charge on any atom is 0.137 e. The fourth-order valence-corrected chi connectivity index (χ4v) is 1.99. The Hall–Kier alpha value is -1.81. The van der Waals surface area contributed by atoms with Gasteiger partial charge in [-0.05, 0) is 18.6 Å². The van der Waals surface area contributed by atoms with E-state index in [1.807, 2.05) is 43.1 Å². The van der Waals surface area contributed by atoms with Gasteiger partial charge in [-0.25, -0.2) is 9.97 Å². The lowest BCUT2D eigenvalue weighted by Crippen LogP contribution is -2.19. The second-order valence-electron chi connectivity index (χ2n) is 4.15. The first-order chi connectivity index (χ1) is 8.59. The minimum absolute atomic E-state index is 0.506. The number of rotatable bonds is 3. The number of hydrogen-bond donors (Lipinski definition) is 1. The number of nitrogens with zero attached hydrogens (tertiary/aromatic N) is 3. The van der Waals surface area contributed by atoms with Crippen molar-refractivity contribution in [1.29, 1.82) is 0 Å². The number of hydrogen-bond acceptors (Lipinski definition) is 4. The molecule has 0 aliphatic carbocycles. The van der Waals surface area contributed by atoms with Gasteiger partial charge in [-0.15, -0.1) is 0 Å². The molecule has 0 fully saturated rings. The molecule has 1 heterocycles. The van der Waals surface area contributed by atoms with Gasteiger partial charge in [0.1, 0.15) is 18.0 Å². The van der Waals surface area contributed by atoms with E-state index in [9.17, 15) is 0 Å². The molecule has 0 radical (unpaired) electrons. The molecule has 1 aromatic heterocycles. The fourth-order valence-electron chi connectivity index (χ4n) is 1.80. The van der Waals surface area contributed by atoms with Gasteiger partial charge in [0, 0.05) is 24.2 Å². The highest BCUT2D eigenvalue weighted by Gasteiger charge is 2.10. The third-order valence-electron chi connectivity index (χ3n) is 2.82.